The predicted molar refractivity (Wildman–Crippen MR) is 77.4 cm³/mol. The maximum absolute atomic E-state index is 5.89. The van der Waals surface area contributed by atoms with Crippen LogP contribution in [0.15, 0.2) is 18.2 Å². The van der Waals surface area contributed by atoms with E-state index in [2.05, 4.69) is 31.3 Å². The maximum atomic E-state index is 5.89. The van der Waals surface area contributed by atoms with Crippen LogP contribution in [0.1, 0.15) is 44.2 Å². The largest absolute Gasteiger partial charge is 0.496 e. The molecule has 1 aliphatic rings. The van der Waals surface area contributed by atoms with Crippen molar-refractivity contribution in [1.82, 2.24) is 5.32 Å². The van der Waals surface area contributed by atoms with Crippen LogP contribution in [0.4, 0.5) is 0 Å². The molecule has 0 bridgehead atoms. The van der Waals surface area contributed by atoms with Crippen molar-refractivity contribution in [2.45, 2.75) is 58.4 Å². The third-order valence-electron chi connectivity index (χ3n) is 3.59. The standard InChI is InChI=1S/C16H25NO2/c1-12(2)17-10-13-7-8-16(18-3)14(9-13)11-19-15-5-4-6-15/h7-9,12,15,17H,4-6,10-11H2,1-3H3. The quantitative estimate of drug-likeness (QED) is 0.819. The lowest BCUT2D eigenvalue weighted by Crippen LogP contribution is -2.22. The van der Waals surface area contributed by atoms with E-state index in [0.717, 1.165) is 17.9 Å². The second-order valence-electron chi connectivity index (χ2n) is 5.55. The molecular formula is C16H25NO2. The Balaban J connectivity index is 1.97. The van der Waals surface area contributed by atoms with E-state index < -0.39 is 0 Å². The fraction of sp³-hybridized carbons (Fsp3) is 0.625. The van der Waals surface area contributed by atoms with Crippen LogP contribution in [-0.4, -0.2) is 19.3 Å². The Labute approximate surface area is 116 Å². The van der Waals surface area contributed by atoms with E-state index in [-0.39, 0.29) is 0 Å². The SMILES string of the molecule is COc1ccc(CNC(C)C)cc1COC1CCC1. The van der Waals surface area contributed by atoms with Gasteiger partial charge in [-0.2, -0.15) is 0 Å². The fourth-order valence-corrected chi connectivity index (χ4v) is 2.12. The molecule has 0 aromatic heterocycles. The molecule has 1 aliphatic carbocycles. The van der Waals surface area contributed by atoms with Gasteiger partial charge in [-0.3, -0.25) is 0 Å². The predicted octanol–water partition coefficient (Wildman–Crippen LogP) is 3.26. The first-order valence-electron chi connectivity index (χ1n) is 7.20. The first-order valence-corrected chi connectivity index (χ1v) is 7.20. The van der Waals surface area contributed by atoms with Gasteiger partial charge < -0.3 is 14.8 Å². The Bertz CT molecular complexity index is 400. The Morgan fingerprint density at radius 2 is 2.11 bits per heavy atom. The van der Waals surface area contributed by atoms with Gasteiger partial charge in [-0.15, -0.1) is 0 Å². The van der Waals surface area contributed by atoms with E-state index in [9.17, 15) is 0 Å². The van der Waals surface area contributed by atoms with Crippen molar-refractivity contribution in [3.05, 3.63) is 29.3 Å². The lowest BCUT2D eigenvalue weighted by atomic mass is 9.96. The van der Waals surface area contributed by atoms with Crippen LogP contribution >= 0.6 is 0 Å². The molecule has 0 amide bonds. The minimum Gasteiger partial charge on any atom is -0.496 e. The monoisotopic (exact) mass is 263 g/mol. The molecule has 1 aromatic rings. The average Bonchev–Trinajstić information content (AvgIpc) is 2.34. The molecule has 19 heavy (non-hydrogen) atoms. The zero-order chi connectivity index (χ0) is 13.7. The summed E-state index contributed by atoms with van der Waals surface area (Å²) in [6, 6.07) is 6.84. The molecule has 3 nitrogen and oxygen atoms in total. The maximum Gasteiger partial charge on any atom is 0.124 e. The summed E-state index contributed by atoms with van der Waals surface area (Å²) in [5.41, 5.74) is 2.43. The van der Waals surface area contributed by atoms with Crippen molar-refractivity contribution in [2.24, 2.45) is 0 Å². The fourth-order valence-electron chi connectivity index (χ4n) is 2.12. The van der Waals surface area contributed by atoms with Gasteiger partial charge in [0, 0.05) is 18.2 Å². The number of nitrogens with one attached hydrogen (secondary N) is 1. The number of benzene rings is 1. The van der Waals surface area contributed by atoms with Crippen LogP contribution in [0, 0.1) is 0 Å². The van der Waals surface area contributed by atoms with Crippen LogP contribution < -0.4 is 10.1 Å². The first-order chi connectivity index (χ1) is 9.19. The molecule has 106 valence electrons. The Kier molecular flexibility index (Phi) is 5.23. The number of ether oxygens (including phenoxy) is 2. The van der Waals surface area contributed by atoms with Crippen molar-refractivity contribution >= 4 is 0 Å². The van der Waals surface area contributed by atoms with Crippen molar-refractivity contribution in [3.8, 4) is 5.75 Å². The van der Waals surface area contributed by atoms with Crippen LogP contribution in [0.2, 0.25) is 0 Å². The number of methoxy groups -OCH3 is 1. The lowest BCUT2D eigenvalue weighted by molar-refractivity contribution is -0.00936. The zero-order valence-electron chi connectivity index (χ0n) is 12.2. The van der Waals surface area contributed by atoms with Gasteiger partial charge in [-0.1, -0.05) is 19.9 Å². The van der Waals surface area contributed by atoms with Crippen molar-refractivity contribution < 1.29 is 9.47 Å². The summed E-state index contributed by atoms with van der Waals surface area (Å²) in [6.45, 7) is 5.86. The molecule has 0 heterocycles. The summed E-state index contributed by atoms with van der Waals surface area (Å²) < 4.78 is 11.3. The van der Waals surface area contributed by atoms with E-state index in [1.807, 2.05) is 6.07 Å². The lowest BCUT2D eigenvalue weighted by Gasteiger charge is -2.26. The van der Waals surface area contributed by atoms with Gasteiger partial charge in [0.1, 0.15) is 5.75 Å². The summed E-state index contributed by atoms with van der Waals surface area (Å²) in [5, 5.41) is 3.43. The average molecular weight is 263 g/mol. The van der Waals surface area contributed by atoms with Crippen molar-refractivity contribution in [2.75, 3.05) is 7.11 Å². The number of hydrogen-bond acceptors (Lipinski definition) is 3. The molecule has 0 aliphatic heterocycles. The number of hydrogen-bond donors (Lipinski definition) is 1. The van der Waals surface area contributed by atoms with E-state index in [1.165, 1.54) is 24.8 Å². The summed E-state index contributed by atoms with van der Waals surface area (Å²) >= 11 is 0. The van der Waals surface area contributed by atoms with Crippen molar-refractivity contribution in [3.63, 3.8) is 0 Å². The summed E-state index contributed by atoms with van der Waals surface area (Å²) in [6.07, 6.45) is 4.18. The van der Waals surface area contributed by atoms with Crippen LogP contribution in [0.5, 0.6) is 5.75 Å². The highest BCUT2D eigenvalue weighted by Crippen LogP contribution is 2.26. The third-order valence-corrected chi connectivity index (χ3v) is 3.59. The minimum absolute atomic E-state index is 0.460. The van der Waals surface area contributed by atoms with Crippen LogP contribution in [0.25, 0.3) is 0 Å². The minimum atomic E-state index is 0.460. The van der Waals surface area contributed by atoms with Gasteiger partial charge in [-0.25, -0.2) is 0 Å². The second-order valence-corrected chi connectivity index (χ2v) is 5.55. The molecule has 1 saturated carbocycles. The van der Waals surface area contributed by atoms with E-state index >= 15 is 0 Å². The van der Waals surface area contributed by atoms with Gasteiger partial charge in [0.2, 0.25) is 0 Å². The first kappa shape index (κ1) is 14.4. The van der Waals surface area contributed by atoms with E-state index in [0.29, 0.717) is 18.8 Å². The molecule has 0 atom stereocenters. The smallest absolute Gasteiger partial charge is 0.124 e. The molecule has 2 rings (SSSR count). The molecule has 1 aromatic carbocycles. The molecule has 0 radical (unpaired) electrons. The highest BCUT2D eigenvalue weighted by Gasteiger charge is 2.18. The molecule has 0 unspecified atom stereocenters. The normalized spacial score (nSPS) is 15.6. The van der Waals surface area contributed by atoms with Crippen LogP contribution in [0.3, 0.4) is 0 Å². The summed E-state index contributed by atoms with van der Waals surface area (Å²) in [4.78, 5) is 0. The van der Waals surface area contributed by atoms with Gasteiger partial charge >= 0.3 is 0 Å². The molecule has 0 saturated heterocycles. The Morgan fingerprint density at radius 1 is 1.32 bits per heavy atom. The van der Waals surface area contributed by atoms with Gasteiger partial charge in [0.25, 0.3) is 0 Å². The van der Waals surface area contributed by atoms with Crippen molar-refractivity contribution in [1.29, 1.82) is 0 Å². The van der Waals surface area contributed by atoms with Gasteiger partial charge in [0.05, 0.1) is 19.8 Å². The molecule has 3 heteroatoms. The molecule has 1 N–H and O–H groups in total. The van der Waals surface area contributed by atoms with Gasteiger partial charge in [-0.05, 0) is 37.0 Å². The Hall–Kier alpha value is -1.06. The molecule has 0 spiro atoms. The summed E-state index contributed by atoms with van der Waals surface area (Å²) in [7, 11) is 1.72. The van der Waals surface area contributed by atoms with E-state index in [1.54, 1.807) is 7.11 Å². The molecule has 1 fully saturated rings. The third kappa shape index (κ3) is 4.22. The molecular weight excluding hydrogens is 238 g/mol. The highest BCUT2D eigenvalue weighted by atomic mass is 16.5. The van der Waals surface area contributed by atoms with Gasteiger partial charge in [0.15, 0.2) is 0 Å². The summed E-state index contributed by atoms with van der Waals surface area (Å²) in [5.74, 6) is 0.924. The van der Waals surface area contributed by atoms with Crippen LogP contribution in [-0.2, 0) is 17.9 Å². The van der Waals surface area contributed by atoms with E-state index in [4.69, 9.17) is 9.47 Å². The zero-order valence-corrected chi connectivity index (χ0v) is 12.2. The Morgan fingerprint density at radius 3 is 2.68 bits per heavy atom. The second kappa shape index (κ2) is 6.92. The number of rotatable bonds is 7. The topological polar surface area (TPSA) is 30.5 Å². The highest BCUT2D eigenvalue weighted by molar-refractivity contribution is 5.37.